The Morgan fingerprint density at radius 3 is 2.61 bits per heavy atom. The average molecular weight is 320 g/mol. The third-order valence-corrected chi connectivity index (χ3v) is 4.03. The fourth-order valence-corrected chi connectivity index (χ4v) is 2.60. The minimum Gasteiger partial charge on any atom is -0.393 e. The van der Waals surface area contributed by atoms with Crippen molar-refractivity contribution in [3.05, 3.63) is 35.4 Å². The quantitative estimate of drug-likeness (QED) is 0.391. The van der Waals surface area contributed by atoms with Crippen molar-refractivity contribution in [1.29, 1.82) is 0 Å². The number of aliphatic imine (C=N–C) groups is 1. The van der Waals surface area contributed by atoms with Crippen LogP contribution in [0.3, 0.4) is 0 Å². The molecule has 1 heterocycles. The molecule has 0 radical (unpaired) electrons. The van der Waals surface area contributed by atoms with Gasteiger partial charge in [-0.2, -0.15) is 0 Å². The van der Waals surface area contributed by atoms with Gasteiger partial charge in [-0.05, 0) is 24.0 Å². The van der Waals surface area contributed by atoms with Crippen LogP contribution in [0.25, 0.3) is 0 Å². The van der Waals surface area contributed by atoms with Crippen LogP contribution >= 0.6 is 0 Å². The first-order valence-corrected chi connectivity index (χ1v) is 8.18. The van der Waals surface area contributed by atoms with Crippen molar-refractivity contribution < 1.29 is 9.84 Å². The van der Waals surface area contributed by atoms with Gasteiger partial charge in [0.05, 0.1) is 19.3 Å². The summed E-state index contributed by atoms with van der Waals surface area (Å²) < 4.78 is 4.95. The minimum absolute atomic E-state index is 0.116. The molecule has 4 N–H and O–H groups in total. The standard InChI is InChI=1S/C17H28N4O2/c1-23-11-8-19-17(18)20-12-14-2-4-15(5-3-14)13-21-9-6-16(22)7-10-21/h2-5,16,22H,6-13H2,1H3,(H3,18,19,20). The Balaban J connectivity index is 1.76. The molecule has 1 aliphatic rings. The molecule has 0 aromatic heterocycles. The third kappa shape index (κ3) is 6.56. The zero-order chi connectivity index (χ0) is 16.5. The van der Waals surface area contributed by atoms with Gasteiger partial charge >= 0.3 is 0 Å². The van der Waals surface area contributed by atoms with Gasteiger partial charge in [0, 0.05) is 33.3 Å². The van der Waals surface area contributed by atoms with Crippen LogP contribution in [0.15, 0.2) is 29.3 Å². The van der Waals surface area contributed by atoms with Crippen molar-refractivity contribution in [1.82, 2.24) is 10.2 Å². The van der Waals surface area contributed by atoms with Crippen molar-refractivity contribution in [3.63, 3.8) is 0 Å². The second-order valence-electron chi connectivity index (χ2n) is 5.94. The Morgan fingerprint density at radius 2 is 1.96 bits per heavy atom. The Morgan fingerprint density at radius 1 is 1.30 bits per heavy atom. The molecule has 1 aromatic carbocycles. The first-order chi connectivity index (χ1) is 11.2. The lowest BCUT2D eigenvalue weighted by Gasteiger charge is -2.29. The average Bonchev–Trinajstić information content (AvgIpc) is 2.57. The molecule has 0 atom stereocenters. The number of piperidine rings is 1. The van der Waals surface area contributed by atoms with Crippen LogP contribution in [0.2, 0.25) is 0 Å². The van der Waals surface area contributed by atoms with Crippen LogP contribution in [0.5, 0.6) is 0 Å². The summed E-state index contributed by atoms with van der Waals surface area (Å²) in [5.74, 6) is 0.443. The summed E-state index contributed by atoms with van der Waals surface area (Å²) in [5.41, 5.74) is 8.21. The monoisotopic (exact) mass is 320 g/mol. The molecule has 0 unspecified atom stereocenters. The fraction of sp³-hybridized carbons (Fsp3) is 0.588. The van der Waals surface area contributed by atoms with Crippen molar-refractivity contribution in [2.75, 3.05) is 33.4 Å². The van der Waals surface area contributed by atoms with E-state index >= 15 is 0 Å². The molecule has 0 aliphatic carbocycles. The second-order valence-corrected chi connectivity index (χ2v) is 5.94. The highest BCUT2D eigenvalue weighted by molar-refractivity contribution is 5.77. The number of benzene rings is 1. The summed E-state index contributed by atoms with van der Waals surface area (Å²) >= 11 is 0. The summed E-state index contributed by atoms with van der Waals surface area (Å²) in [6.07, 6.45) is 1.64. The van der Waals surface area contributed by atoms with E-state index in [4.69, 9.17) is 10.5 Å². The minimum atomic E-state index is -0.116. The second kappa shape index (κ2) is 9.50. The topological polar surface area (TPSA) is 83.1 Å². The molecule has 0 spiro atoms. The van der Waals surface area contributed by atoms with Gasteiger partial charge in [0.1, 0.15) is 0 Å². The number of aliphatic hydroxyl groups is 1. The lowest BCUT2D eigenvalue weighted by Crippen LogP contribution is -2.35. The molecule has 0 saturated carbocycles. The van der Waals surface area contributed by atoms with E-state index in [9.17, 15) is 5.11 Å². The molecule has 1 saturated heterocycles. The molecule has 0 bridgehead atoms. The van der Waals surface area contributed by atoms with Gasteiger partial charge in [0.15, 0.2) is 5.96 Å². The number of nitrogens with zero attached hydrogens (tertiary/aromatic N) is 2. The number of hydrogen-bond donors (Lipinski definition) is 3. The number of nitrogens with two attached hydrogens (primary N) is 1. The van der Waals surface area contributed by atoms with Gasteiger partial charge < -0.3 is 20.9 Å². The van der Waals surface area contributed by atoms with Crippen LogP contribution < -0.4 is 11.1 Å². The first kappa shape index (κ1) is 17.7. The van der Waals surface area contributed by atoms with Crippen LogP contribution in [0.1, 0.15) is 24.0 Å². The van der Waals surface area contributed by atoms with E-state index in [0.717, 1.165) is 38.0 Å². The number of hydrogen-bond acceptors (Lipinski definition) is 4. The van der Waals surface area contributed by atoms with E-state index in [-0.39, 0.29) is 6.10 Å². The van der Waals surface area contributed by atoms with Gasteiger partial charge in [-0.3, -0.25) is 4.90 Å². The summed E-state index contributed by atoms with van der Waals surface area (Å²) in [5, 5.41) is 12.5. The van der Waals surface area contributed by atoms with E-state index < -0.39 is 0 Å². The van der Waals surface area contributed by atoms with E-state index in [1.807, 2.05) is 0 Å². The molecular formula is C17H28N4O2. The van der Waals surface area contributed by atoms with Crippen LogP contribution in [0, 0.1) is 0 Å². The molecule has 1 fully saturated rings. The Bertz CT molecular complexity index is 482. The molecule has 6 nitrogen and oxygen atoms in total. The van der Waals surface area contributed by atoms with Gasteiger partial charge in [0.2, 0.25) is 0 Å². The number of guanidine groups is 1. The van der Waals surface area contributed by atoms with E-state index in [1.165, 1.54) is 5.56 Å². The maximum absolute atomic E-state index is 9.54. The zero-order valence-corrected chi connectivity index (χ0v) is 13.9. The highest BCUT2D eigenvalue weighted by atomic mass is 16.5. The lowest BCUT2D eigenvalue weighted by molar-refractivity contribution is 0.0792. The molecule has 1 aromatic rings. The predicted molar refractivity (Wildman–Crippen MR) is 92.2 cm³/mol. The maximum Gasteiger partial charge on any atom is 0.188 e. The number of ether oxygens (including phenoxy) is 1. The summed E-state index contributed by atoms with van der Waals surface area (Å²) in [4.78, 5) is 6.70. The maximum atomic E-state index is 9.54. The Kier molecular flexibility index (Phi) is 7.32. The number of nitrogens with one attached hydrogen (secondary N) is 1. The van der Waals surface area contributed by atoms with Gasteiger partial charge in [-0.25, -0.2) is 4.99 Å². The Labute approximate surface area is 138 Å². The Hall–Kier alpha value is -1.63. The SMILES string of the molecule is COCCNC(N)=NCc1ccc(CN2CCC(O)CC2)cc1. The smallest absolute Gasteiger partial charge is 0.188 e. The van der Waals surface area contributed by atoms with Gasteiger partial charge in [0.25, 0.3) is 0 Å². The summed E-state index contributed by atoms with van der Waals surface area (Å²) in [7, 11) is 1.66. The molecule has 128 valence electrons. The number of aliphatic hydroxyl groups excluding tert-OH is 1. The predicted octanol–water partition coefficient (Wildman–Crippen LogP) is 0.694. The summed E-state index contributed by atoms with van der Waals surface area (Å²) in [6, 6.07) is 8.48. The number of likely N-dealkylation sites (tertiary alicyclic amines) is 1. The van der Waals surface area contributed by atoms with E-state index in [2.05, 4.69) is 39.5 Å². The zero-order valence-electron chi connectivity index (χ0n) is 13.9. The summed E-state index contributed by atoms with van der Waals surface area (Å²) in [6.45, 7) is 4.72. The van der Waals surface area contributed by atoms with Crippen molar-refractivity contribution >= 4 is 5.96 Å². The van der Waals surface area contributed by atoms with Crippen molar-refractivity contribution in [3.8, 4) is 0 Å². The number of rotatable bonds is 7. The molecule has 6 heteroatoms. The highest BCUT2D eigenvalue weighted by Gasteiger charge is 2.16. The van der Waals surface area contributed by atoms with Crippen molar-refractivity contribution in [2.45, 2.75) is 32.0 Å². The third-order valence-electron chi connectivity index (χ3n) is 4.03. The first-order valence-electron chi connectivity index (χ1n) is 8.18. The normalized spacial score (nSPS) is 17.4. The largest absolute Gasteiger partial charge is 0.393 e. The van der Waals surface area contributed by atoms with Crippen molar-refractivity contribution in [2.24, 2.45) is 10.7 Å². The van der Waals surface area contributed by atoms with E-state index in [1.54, 1.807) is 7.11 Å². The molecular weight excluding hydrogens is 292 g/mol. The van der Waals surface area contributed by atoms with Crippen LogP contribution in [-0.2, 0) is 17.8 Å². The lowest BCUT2D eigenvalue weighted by atomic mass is 10.1. The van der Waals surface area contributed by atoms with Crippen LogP contribution in [0.4, 0.5) is 0 Å². The molecule has 23 heavy (non-hydrogen) atoms. The molecule has 2 rings (SSSR count). The van der Waals surface area contributed by atoms with Gasteiger partial charge in [-0.1, -0.05) is 24.3 Å². The van der Waals surface area contributed by atoms with Crippen LogP contribution in [-0.4, -0.2) is 55.4 Å². The molecule has 0 amide bonds. The van der Waals surface area contributed by atoms with E-state index in [0.29, 0.717) is 25.7 Å². The molecule has 1 aliphatic heterocycles. The fourth-order valence-electron chi connectivity index (χ4n) is 2.60. The van der Waals surface area contributed by atoms with Gasteiger partial charge in [-0.15, -0.1) is 0 Å². The highest BCUT2D eigenvalue weighted by Crippen LogP contribution is 2.14. The number of methoxy groups -OCH3 is 1.